The lowest BCUT2D eigenvalue weighted by Gasteiger charge is -2.38. The number of nitrogens with one attached hydrogen (secondary N) is 4. The van der Waals surface area contributed by atoms with Crippen LogP contribution in [0.1, 0.15) is 75.3 Å². The van der Waals surface area contributed by atoms with Gasteiger partial charge in [-0.15, -0.1) is 0 Å². The minimum Gasteiger partial charge on any atom is -0.453 e. The van der Waals surface area contributed by atoms with Crippen molar-refractivity contribution in [1.82, 2.24) is 16.0 Å². The van der Waals surface area contributed by atoms with E-state index in [2.05, 4.69) is 21.3 Å². The Kier molecular flexibility index (Phi) is 18.3. The van der Waals surface area contributed by atoms with E-state index in [0.29, 0.717) is 42.8 Å². The summed E-state index contributed by atoms with van der Waals surface area (Å²) in [6, 6.07) is 9.64. The van der Waals surface area contributed by atoms with Gasteiger partial charge in [-0.25, -0.2) is 13.4 Å². The number of hydrogen-bond donors (Lipinski definition) is 5. The lowest BCUT2D eigenvalue weighted by molar-refractivity contribution is -0.169. The van der Waals surface area contributed by atoms with Gasteiger partial charge in [-0.1, -0.05) is 43.1 Å². The fourth-order valence-electron chi connectivity index (χ4n) is 6.83. The molecule has 1 heterocycles. The van der Waals surface area contributed by atoms with Crippen LogP contribution in [0.15, 0.2) is 42.5 Å². The van der Waals surface area contributed by atoms with Crippen molar-refractivity contribution in [2.45, 2.75) is 101 Å². The average Bonchev–Trinajstić information content (AvgIpc) is 3.09. The van der Waals surface area contributed by atoms with Gasteiger partial charge in [0.2, 0.25) is 5.91 Å². The van der Waals surface area contributed by atoms with Gasteiger partial charge in [0.1, 0.15) is 11.9 Å². The largest absolute Gasteiger partial charge is 0.453 e. The number of ether oxygens (including phenoxy) is 2. The van der Waals surface area contributed by atoms with Crippen LogP contribution < -0.4 is 21.3 Å². The first kappa shape index (κ1) is 43.6. The van der Waals surface area contributed by atoms with E-state index in [9.17, 15) is 27.0 Å². The molecule has 1 saturated heterocycles. The van der Waals surface area contributed by atoms with Gasteiger partial charge in [0.05, 0.1) is 19.6 Å². The Bertz CT molecular complexity index is 1440. The zero-order chi connectivity index (χ0) is 38.3. The van der Waals surface area contributed by atoms with Gasteiger partial charge >= 0.3 is 12.3 Å². The highest BCUT2D eigenvalue weighted by molar-refractivity contribution is 7.79. The molecule has 1 aliphatic rings. The normalized spacial score (nSPS) is 19.2. The van der Waals surface area contributed by atoms with Crippen LogP contribution in [0.5, 0.6) is 0 Å². The summed E-state index contributed by atoms with van der Waals surface area (Å²) < 4.78 is 86.1. The molecule has 5 unspecified atom stereocenters. The fraction of sp³-hybridized carbons (Fsp3) is 0.611. The first-order valence-electron chi connectivity index (χ1n) is 17.6. The third kappa shape index (κ3) is 14.5. The molecule has 0 aliphatic carbocycles. The molecule has 52 heavy (non-hydrogen) atoms. The lowest BCUT2D eigenvalue weighted by atomic mass is 9.74. The first-order valence-corrected chi connectivity index (χ1v) is 19.2. The van der Waals surface area contributed by atoms with E-state index in [-0.39, 0.29) is 48.5 Å². The summed E-state index contributed by atoms with van der Waals surface area (Å²) in [7, 11) is 2.96. The molecule has 0 bridgehead atoms. The summed E-state index contributed by atoms with van der Waals surface area (Å²) in [5, 5.41) is 12.6. The second-order valence-corrected chi connectivity index (χ2v) is 14.6. The third-order valence-corrected chi connectivity index (χ3v) is 10.3. The summed E-state index contributed by atoms with van der Waals surface area (Å²) in [4.78, 5) is 26.9. The van der Waals surface area contributed by atoms with Crippen LogP contribution in [0.4, 0.5) is 28.0 Å². The van der Waals surface area contributed by atoms with E-state index in [1.54, 1.807) is 30.3 Å². The quantitative estimate of drug-likeness (QED) is 0.0720. The number of carbonyl (C=O) groups excluding carboxylic acids is 2. The molecular weight excluding hydrogens is 728 g/mol. The maximum atomic E-state index is 15.5. The predicted octanol–water partition coefficient (Wildman–Crippen LogP) is 6.95. The molecule has 2 aromatic rings. The maximum Gasteiger partial charge on any atom is 0.407 e. The zero-order valence-electron chi connectivity index (χ0n) is 29.8. The Balaban J connectivity index is 1.87. The molecule has 1 aliphatic heterocycles. The number of alkyl halides is 3. The fourth-order valence-corrected chi connectivity index (χ4v) is 7.37. The Labute approximate surface area is 310 Å². The summed E-state index contributed by atoms with van der Waals surface area (Å²) in [6.07, 6.45) is -3.60. The van der Waals surface area contributed by atoms with Crippen molar-refractivity contribution in [2.24, 2.45) is 5.92 Å². The SMILES string of the molecule is CCCC(CCc1c(F)cccc1NC(=O)[C@@H](NC(=O)OC)[C@@H](c1ccc(Cl)cc1)C1CCOC(CC(F)(F)F)C1)NCC(CCCS(=O)O)NC. The molecule has 2 aromatic carbocycles. The smallest absolute Gasteiger partial charge is 0.407 e. The molecule has 16 heteroatoms. The number of amides is 2. The van der Waals surface area contributed by atoms with E-state index in [4.69, 9.17) is 25.6 Å². The second-order valence-electron chi connectivity index (χ2n) is 13.1. The van der Waals surface area contributed by atoms with Gasteiger partial charge in [-0.3, -0.25) is 4.79 Å². The van der Waals surface area contributed by atoms with Crippen LogP contribution in [-0.2, 0) is 31.8 Å². The number of hydrogen-bond acceptors (Lipinski definition) is 7. The van der Waals surface area contributed by atoms with Gasteiger partial charge in [0, 0.05) is 53.2 Å². The zero-order valence-corrected chi connectivity index (χ0v) is 31.3. The number of likely N-dealkylation sites (N-methyl/N-ethyl adjacent to an activating group) is 1. The van der Waals surface area contributed by atoms with E-state index in [1.807, 2.05) is 14.0 Å². The highest BCUT2D eigenvalue weighted by Crippen LogP contribution is 2.40. The van der Waals surface area contributed by atoms with Gasteiger partial charge in [0.15, 0.2) is 11.1 Å². The van der Waals surface area contributed by atoms with Crippen LogP contribution >= 0.6 is 11.6 Å². The van der Waals surface area contributed by atoms with Crippen molar-refractivity contribution in [3.63, 3.8) is 0 Å². The Hall–Kier alpha value is -2.82. The molecule has 7 atom stereocenters. The molecule has 1 fully saturated rings. The molecule has 292 valence electrons. The number of methoxy groups -OCH3 is 1. The molecule has 3 rings (SSSR count). The van der Waals surface area contributed by atoms with Crippen molar-refractivity contribution in [2.75, 3.05) is 38.4 Å². The van der Waals surface area contributed by atoms with E-state index >= 15 is 4.39 Å². The van der Waals surface area contributed by atoms with E-state index < -0.39 is 65.5 Å². The number of carbonyl (C=O) groups is 2. The number of halogens is 5. The van der Waals surface area contributed by atoms with Crippen LogP contribution in [-0.4, -0.2) is 84.2 Å². The second kappa shape index (κ2) is 21.8. The van der Waals surface area contributed by atoms with Gasteiger partial charge in [-0.05, 0) is 87.7 Å². The lowest BCUT2D eigenvalue weighted by Crippen LogP contribution is -2.50. The maximum absolute atomic E-state index is 15.5. The highest BCUT2D eigenvalue weighted by Gasteiger charge is 2.42. The first-order chi connectivity index (χ1) is 24.7. The third-order valence-electron chi connectivity index (χ3n) is 9.42. The molecule has 2 amide bonds. The van der Waals surface area contributed by atoms with Crippen molar-refractivity contribution in [1.29, 1.82) is 0 Å². The average molecular weight is 779 g/mol. The topological polar surface area (TPSA) is 138 Å². The van der Waals surface area contributed by atoms with E-state index in [1.165, 1.54) is 12.1 Å². The molecule has 0 aromatic heterocycles. The standard InChI is InChI=1S/C36H51ClF4N4O6S/c1-4-7-26(43-22-27(42-2)8-6-19-52(48)49)15-16-29-30(38)9-5-10-31(29)44-34(46)33(45-35(47)50-3)32(23-11-13-25(37)14-12-23)24-17-18-51-28(20-24)21-36(39,40)41/h5,9-14,24,26-28,32-33,42-43H,4,6-8,15-22H2,1-3H3,(H,44,46)(H,45,47)(H,48,49)/t24?,26?,27?,28?,32-,33-/m0/s1. The van der Waals surface area contributed by atoms with Crippen LogP contribution in [0.2, 0.25) is 5.02 Å². The van der Waals surface area contributed by atoms with Gasteiger partial charge in [0.25, 0.3) is 0 Å². The van der Waals surface area contributed by atoms with Crippen molar-refractivity contribution in [3.8, 4) is 0 Å². The monoisotopic (exact) mass is 778 g/mol. The molecular formula is C36H51ClF4N4O6S. The summed E-state index contributed by atoms with van der Waals surface area (Å²) in [6.45, 7) is 2.68. The minimum absolute atomic E-state index is 0.0113. The Morgan fingerprint density at radius 3 is 2.48 bits per heavy atom. The molecule has 5 N–H and O–H groups in total. The van der Waals surface area contributed by atoms with Crippen LogP contribution in [0.3, 0.4) is 0 Å². The number of anilines is 1. The van der Waals surface area contributed by atoms with Gasteiger partial charge in [-0.2, -0.15) is 13.2 Å². The van der Waals surface area contributed by atoms with E-state index in [0.717, 1.165) is 20.0 Å². The van der Waals surface area contributed by atoms with Crippen molar-refractivity contribution in [3.05, 3.63) is 64.4 Å². The van der Waals surface area contributed by atoms with Crippen LogP contribution in [0, 0.1) is 11.7 Å². The number of alkyl carbamates (subject to hydrolysis) is 1. The number of rotatable bonds is 20. The molecule has 10 nitrogen and oxygen atoms in total. The van der Waals surface area contributed by atoms with Crippen molar-refractivity contribution < 1.29 is 45.4 Å². The molecule has 0 radical (unpaired) electrons. The molecule has 0 saturated carbocycles. The number of benzene rings is 2. The summed E-state index contributed by atoms with van der Waals surface area (Å²) in [5.41, 5.74) is 1.04. The minimum atomic E-state index is -4.46. The predicted molar refractivity (Wildman–Crippen MR) is 194 cm³/mol. The summed E-state index contributed by atoms with van der Waals surface area (Å²) >= 11 is 4.31. The summed E-state index contributed by atoms with van der Waals surface area (Å²) in [5.74, 6) is -2.36. The highest BCUT2D eigenvalue weighted by atomic mass is 35.5. The Morgan fingerprint density at radius 1 is 1.12 bits per heavy atom. The van der Waals surface area contributed by atoms with Crippen LogP contribution in [0.25, 0.3) is 0 Å². The van der Waals surface area contributed by atoms with Gasteiger partial charge < -0.3 is 35.3 Å². The Morgan fingerprint density at radius 2 is 1.85 bits per heavy atom. The van der Waals surface area contributed by atoms with Crippen molar-refractivity contribution >= 4 is 40.4 Å². The molecule has 0 spiro atoms.